The van der Waals surface area contributed by atoms with Crippen LogP contribution < -0.4 is 9.47 Å². The van der Waals surface area contributed by atoms with Crippen LogP contribution in [0.25, 0.3) is 0 Å². The second kappa shape index (κ2) is 10.7. The highest BCUT2D eigenvalue weighted by Gasteiger charge is 2.37. The molecule has 4 atom stereocenters. The molecular formula is C28H31F3O3. The van der Waals surface area contributed by atoms with Gasteiger partial charge in [0.2, 0.25) is 0 Å². The van der Waals surface area contributed by atoms with Crippen LogP contribution in [0.4, 0.5) is 13.2 Å². The molecule has 0 bridgehead atoms. The quantitative estimate of drug-likeness (QED) is 0.236. The molecule has 0 saturated heterocycles. The average molecular weight is 473 g/mol. The first-order valence-electron chi connectivity index (χ1n) is 12.1. The van der Waals surface area contributed by atoms with E-state index in [-0.39, 0.29) is 17.4 Å². The van der Waals surface area contributed by atoms with Crippen molar-refractivity contribution in [3.05, 3.63) is 71.6 Å². The van der Waals surface area contributed by atoms with Gasteiger partial charge in [-0.05, 0) is 92.4 Å². The predicted molar refractivity (Wildman–Crippen MR) is 125 cm³/mol. The van der Waals surface area contributed by atoms with Gasteiger partial charge in [-0.15, -0.1) is 6.58 Å². The summed E-state index contributed by atoms with van der Waals surface area (Å²) in [5.41, 5.74) is -0.232. The van der Waals surface area contributed by atoms with Crippen LogP contribution in [-0.4, -0.2) is 13.1 Å². The molecule has 2 aromatic rings. The molecule has 182 valence electrons. The van der Waals surface area contributed by atoms with E-state index in [2.05, 4.69) is 6.58 Å². The Labute approximate surface area is 199 Å². The third-order valence-electron chi connectivity index (χ3n) is 7.61. The molecule has 0 aromatic heterocycles. The largest absolute Gasteiger partial charge is 0.497 e. The Morgan fingerprint density at radius 3 is 2.53 bits per heavy atom. The lowest BCUT2D eigenvalue weighted by Gasteiger charge is -2.42. The van der Waals surface area contributed by atoms with E-state index in [1.165, 1.54) is 50.6 Å². The highest BCUT2D eigenvalue weighted by Crippen LogP contribution is 2.49. The van der Waals surface area contributed by atoms with Gasteiger partial charge < -0.3 is 9.47 Å². The second-order valence-electron chi connectivity index (χ2n) is 9.59. The van der Waals surface area contributed by atoms with Gasteiger partial charge in [0.05, 0.1) is 12.7 Å². The summed E-state index contributed by atoms with van der Waals surface area (Å²) in [7, 11) is 1.38. The zero-order valence-electron chi connectivity index (χ0n) is 19.5. The van der Waals surface area contributed by atoms with Gasteiger partial charge in [0.1, 0.15) is 5.75 Å². The van der Waals surface area contributed by atoms with Crippen LogP contribution in [0, 0.1) is 35.2 Å². The van der Waals surface area contributed by atoms with Gasteiger partial charge in [-0.25, -0.2) is 18.0 Å². The minimum absolute atomic E-state index is 0.0652. The second-order valence-corrected chi connectivity index (χ2v) is 9.59. The topological polar surface area (TPSA) is 35.5 Å². The minimum Gasteiger partial charge on any atom is -0.497 e. The molecule has 2 aliphatic rings. The van der Waals surface area contributed by atoms with E-state index in [1.54, 1.807) is 0 Å². The maximum Gasteiger partial charge on any atom is 0.346 e. The number of fused-ring (bicyclic) bond motifs is 1. The zero-order chi connectivity index (χ0) is 24.2. The average Bonchev–Trinajstić information content (AvgIpc) is 2.85. The fourth-order valence-electron chi connectivity index (χ4n) is 5.77. The number of esters is 1. The summed E-state index contributed by atoms with van der Waals surface area (Å²) in [5.74, 6) is -2.50. The Bertz CT molecular complexity index is 1050. The van der Waals surface area contributed by atoms with Crippen molar-refractivity contribution in [2.45, 2.75) is 57.3 Å². The van der Waals surface area contributed by atoms with Crippen molar-refractivity contribution in [1.29, 1.82) is 0 Å². The van der Waals surface area contributed by atoms with E-state index in [0.29, 0.717) is 17.4 Å². The van der Waals surface area contributed by atoms with Gasteiger partial charge in [0, 0.05) is 6.07 Å². The van der Waals surface area contributed by atoms with Crippen molar-refractivity contribution in [2.75, 3.05) is 7.11 Å². The van der Waals surface area contributed by atoms with Gasteiger partial charge in [-0.1, -0.05) is 18.6 Å². The van der Waals surface area contributed by atoms with Gasteiger partial charge in [0.15, 0.2) is 23.2 Å². The van der Waals surface area contributed by atoms with Gasteiger partial charge in [-0.3, -0.25) is 0 Å². The molecular weight excluding hydrogens is 441 g/mol. The molecule has 4 rings (SSSR count). The maximum absolute atomic E-state index is 15.1. The Hall–Kier alpha value is -2.76. The number of halogens is 3. The Morgan fingerprint density at radius 1 is 1.03 bits per heavy atom. The molecule has 2 fully saturated rings. The lowest BCUT2D eigenvalue weighted by molar-refractivity contribution is 0.0721. The smallest absolute Gasteiger partial charge is 0.346 e. The van der Waals surface area contributed by atoms with Crippen LogP contribution in [0.5, 0.6) is 11.5 Å². The van der Waals surface area contributed by atoms with Crippen molar-refractivity contribution >= 4 is 5.97 Å². The SMILES string of the molecule is C=CCCC1CCC2CC(c3ccc(C(=O)Oc4ccc(OC)cc4F)c(F)c3F)CCC2C1. The lowest BCUT2D eigenvalue weighted by atomic mass is 9.63. The zero-order valence-corrected chi connectivity index (χ0v) is 19.5. The summed E-state index contributed by atoms with van der Waals surface area (Å²) >= 11 is 0. The molecule has 0 N–H and O–H groups in total. The number of carbonyl (C=O) groups is 1. The van der Waals surface area contributed by atoms with E-state index < -0.39 is 29.0 Å². The molecule has 2 aliphatic carbocycles. The van der Waals surface area contributed by atoms with Crippen LogP contribution in [-0.2, 0) is 0 Å². The number of allylic oxidation sites excluding steroid dienone is 1. The predicted octanol–water partition coefficient (Wildman–Crippen LogP) is 7.60. The number of carbonyl (C=O) groups excluding carboxylic acids is 1. The van der Waals surface area contributed by atoms with Crippen LogP contribution in [0.3, 0.4) is 0 Å². The molecule has 34 heavy (non-hydrogen) atoms. The third kappa shape index (κ3) is 5.16. The minimum atomic E-state index is -1.24. The van der Waals surface area contributed by atoms with Crippen molar-refractivity contribution in [3.8, 4) is 11.5 Å². The van der Waals surface area contributed by atoms with Crippen molar-refractivity contribution in [2.24, 2.45) is 17.8 Å². The fourth-order valence-corrected chi connectivity index (χ4v) is 5.77. The van der Waals surface area contributed by atoms with E-state index in [1.807, 2.05) is 6.08 Å². The van der Waals surface area contributed by atoms with Gasteiger partial charge >= 0.3 is 5.97 Å². The Morgan fingerprint density at radius 2 is 1.79 bits per heavy atom. The number of benzene rings is 2. The number of rotatable bonds is 7. The lowest BCUT2D eigenvalue weighted by Crippen LogP contribution is -2.30. The maximum atomic E-state index is 15.1. The molecule has 0 spiro atoms. The summed E-state index contributed by atoms with van der Waals surface area (Å²) in [5, 5.41) is 0. The third-order valence-corrected chi connectivity index (χ3v) is 7.61. The first-order chi connectivity index (χ1) is 16.4. The van der Waals surface area contributed by atoms with Crippen molar-refractivity contribution in [1.82, 2.24) is 0 Å². The van der Waals surface area contributed by atoms with Crippen molar-refractivity contribution < 1.29 is 27.4 Å². The number of hydrogen-bond acceptors (Lipinski definition) is 3. The normalized spacial score (nSPS) is 24.2. The highest BCUT2D eigenvalue weighted by atomic mass is 19.2. The van der Waals surface area contributed by atoms with Gasteiger partial charge in [0.25, 0.3) is 0 Å². The fraction of sp³-hybridized carbons (Fsp3) is 0.464. The number of methoxy groups -OCH3 is 1. The van der Waals surface area contributed by atoms with Crippen molar-refractivity contribution in [3.63, 3.8) is 0 Å². The summed E-state index contributed by atoms with van der Waals surface area (Å²) in [6.07, 6.45) is 10.4. The molecule has 2 saturated carbocycles. The first-order valence-corrected chi connectivity index (χ1v) is 12.1. The molecule has 0 amide bonds. The monoisotopic (exact) mass is 472 g/mol. The molecule has 0 radical (unpaired) electrons. The van der Waals surface area contributed by atoms with Crippen LogP contribution >= 0.6 is 0 Å². The van der Waals surface area contributed by atoms with Crippen LogP contribution in [0.2, 0.25) is 0 Å². The van der Waals surface area contributed by atoms with E-state index >= 15 is 4.39 Å². The molecule has 3 nitrogen and oxygen atoms in total. The summed E-state index contributed by atoms with van der Waals surface area (Å²) in [4.78, 5) is 12.4. The molecule has 2 aromatic carbocycles. The molecule has 4 unspecified atom stereocenters. The molecule has 6 heteroatoms. The highest BCUT2D eigenvalue weighted by molar-refractivity contribution is 5.91. The molecule has 0 heterocycles. The van der Waals surface area contributed by atoms with Gasteiger partial charge in [-0.2, -0.15) is 0 Å². The Balaban J connectivity index is 1.44. The summed E-state index contributed by atoms with van der Waals surface area (Å²) in [6, 6.07) is 6.40. The van der Waals surface area contributed by atoms with E-state index in [9.17, 15) is 13.6 Å². The van der Waals surface area contributed by atoms with E-state index in [0.717, 1.165) is 44.1 Å². The summed E-state index contributed by atoms with van der Waals surface area (Å²) < 4.78 is 53.9. The Kier molecular flexibility index (Phi) is 7.64. The standard InChI is InChI=1S/C28H31F3O3/c1-3-4-5-17-6-7-19-15-20(9-8-18(19)14-17)22-11-12-23(27(31)26(22)30)28(32)34-25-13-10-21(33-2)16-24(25)29/h3,10-13,16-20H,1,4-9,14-15H2,2H3. The van der Waals surface area contributed by atoms with Crippen LogP contribution in [0.1, 0.15) is 73.2 Å². The first kappa shape index (κ1) is 24.4. The number of ether oxygens (including phenoxy) is 2. The molecule has 0 aliphatic heterocycles. The summed E-state index contributed by atoms with van der Waals surface area (Å²) in [6.45, 7) is 3.82. The van der Waals surface area contributed by atoms with E-state index in [4.69, 9.17) is 9.47 Å². The van der Waals surface area contributed by atoms with Crippen LogP contribution in [0.15, 0.2) is 43.0 Å². The number of hydrogen-bond donors (Lipinski definition) is 0.